The number of aromatic nitrogens is 3. The Hall–Kier alpha value is -1.42. The maximum Gasteiger partial charge on any atom is 0.157 e. The fourth-order valence-corrected chi connectivity index (χ4v) is 1.82. The first-order valence-electron chi connectivity index (χ1n) is 5.90. The van der Waals surface area contributed by atoms with Crippen molar-refractivity contribution in [3.8, 4) is 0 Å². The first-order valence-corrected chi connectivity index (χ1v) is 5.90. The predicted octanol–water partition coefficient (Wildman–Crippen LogP) is 2.16. The van der Waals surface area contributed by atoms with Crippen LogP contribution in [0.2, 0.25) is 0 Å². The number of pyridine rings is 1. The molecule has 0 spiro atoms. The Morgan fingerprint density at radius 1 is 1.35 bits per heavy atom. The van der Waals surface area contributed by atoms with Crippen LogP contribution in [0.15, 0.2) is 12.3 Å². The van der Waals surface area contributed by atoms with Crippen LogP contribution in [0, 0.1) is 6.92 Å². The lowest BCUT2D eigenvalue weighted by atomic mass is 10.1. The second kappa shape index (κ2) is 4.11. The van der Waals surface area contributed by atoms with Gasteiger partial charge in [-0.15, -0.1) is 0 Å². The third kappa shape index (κ3) is 2.64. The Balaban J connectivity index is 2.29. The van der Waals surface area contributed by atoms with Crippen LogP contribution in [0.1, 0.15) is 32.0 Å². The summed E-state index contributed by atoms with van der Waals surface area (Å²) < 4.78 is 1.83. The first kappa shape index (κ1) is 12.0. The molecular weight excluding hydrogens is 212 g/mol. The summed E-state index contributed by atoms with van der Waals surface area (Å²) in [4.78, 5) is 4.46. The largest absolute Gasteiger partial charge is 0.308 e. The summed E-state index contributed by atoms with van der Waals surface area (Å²) in [6.45, 7) is 9.34. The van der Waals surface area contributed by atoms with E-state index in [-0.39, 0.29) is 5.54 Å². The van der Waals surface area contributed by atoms with Gasteiger partial charge in [-0.2, -0.15) is 5.10 Å². The van der Waals surface area contributed by atoms with Crippen molar-refractivity contribution in [2.45, 2.75) is 39.8 Å². The van der Waals surface area contributed by atoms with Gasteiger partial charge in [0.2, 0.25) is 0 Å². The molecule has 17 heavy (non-hydrogen) atoms. The molecule has 0 bridgehead atoms. The van der Waals surface area contributed by atoms with Crippen LogP contribution >= 0.6 is 0 Å². The second-order valence-electron chi connectivity index (χ2n) is 5.53. The highest BCUT2D eigenvalue weighted by atomic mass is 15.3. The molecule has 0 aliphatic carbocycles. The maximum atomic E-state index is 4.46. The van der Waals surface area contributed by atoms with Gasteiger partial charge in [-0.05, 0) is 39.3 Å². The van der Waals surface area contributed by atoms with Crippen molar-refractivity contribution < 1.29 is 0 Å². The van der Waals surface area contributed by atoms with Gasteiger partial charge in [-0.25, -0.2) is 4.98 Å². The Morgan fingerprint density at radius 3 is 2.71 bits per heavy atom. The lowest BCUT2D eigenvalue weighted by molar-refractivity contribution is 0.424. The molecule has 4 heteroatoms. The van der Waals surface area contributed by atoms with Crippen molar-refractivity contribution in [2.75, 3.05) is 0 Å². The van der Waals surface area contributed by atoms with E-state index in [9.17, 15) is 0 Å². The molecule has 0 fully saturated rings. The molecule has 2 aromatic heterocycles. The molecule has 0 aliphatic rings. The van der Waals surface area contributed by atoms with Crippen LogP contribution < -0.4 is 5.32 Å². The zero-order valence-corrected chi connectivity index (χ0v) is 11.2. The van der Waals surface area contributed by atoms with Crippen LogP contribution in [0.3, 0.4) is 0 Å². The van der Waals surface area contributed by atoms with Gasteiger partial charge in [-0.3, -0.25) is 4.68 Å². The van der Waals surface area contributed by atoms with Gasteiger partial charge in [0.05, 0.1) is 5.69 Å². The lowest BCUT2D eigenvalue weighted by Gasteiger charge is -2.20. The average molecular weight is 232 g/mol. The van der Waals surface area contributed by atoms with Crippen LogP contribution in [0.5, 0.6) is 0 Å². The molecule has 0 saturated heterocycles. The molecule has 2 rings (SSSR count). The molecule has 0 unspecified atom stereocenters. The summed E-state index contributed by atoms with van der Waals surface area (Å²) in [5, 5.41) is 8.98. The number of fused-ring (bicyclic) bond motifs is 1. The first-order chi connectivity index (χ1) is 7.87. The molecule has 0 aliphatic heterocycles. The van der Waals surface area contributed by atoms with Gasteiger partial charge in [0.1, 0.15) is 0 Å². The minimum Gasteiger partial charge on any atom is -0.308 e. The van der Waals surface area contributed by atoms with Gasteiger partial charge in [0.15, 0.2) is 5.65 Å². The fraction of sp³-hybridized carbons (Fsp3) is 0.538. The standard InChI is InChI=1S/C13H20N4/c1-9-11-6-10(8-15-13(2,3)4)7-14-12(11)17(5)16-9/h6-7,15H,8H2,1-5H3. The van der Waals surface area contributed by atoms with Gasteiger partial charge < -0.3 is 5.32 Å². The second-order valence-corrected chi connectivity index (χ2v) is 5.53. The van der Waals surface area contributed by atoms with Crippen molar-refractivity contribution in [3.63, 3.8) is 0 Å². The Bertz CT molecular complexity index is 534. The highest BCUT2D eigenvalue weighted by Crippen LogP contribution is 2.16. The highest BCUT2D eigenvalue weighted by Gasteiger charge is 2.10. The molecule has 2 heterocycles. The van der Waals surface area contributed by atoms with Crippen molar-refractivity contribution in [3.05, 3.63) is 23.5 Å². The average Bonchev–Trinajstić information content (AvgIpc) is 2.51. The summed E-state index contributed by atoms with van der Waals surface area (Å²) in [6, 6.07) is 2.17. The molecule has 4 nitrogen and oxygen atoms in total. The lowest BCUT2D eigenvalue weighted by Crippen LogP contribution is -2.35. The van der Waals surface area contributed by atoms with E-state index < -0.39 is 0 Å². The topological polar surface area (TPSA) is 42.7 Å². The Kier molecular flexibility index (Phi) is 2.91. The molecule has 1 N–H and O–H groups in total. The fourth-order valence-electron chi connectivity index (χ4n) is 1.82. The summed E-state index contributed by atoms with van der Waals surface area (Å²) in [7, 11) is 1.93. The minimum atomic E-state index is 0.124. The monoisotopic (exact) mass is 232 g/mol. The predicted molar refractivity (Wildman–Crippen MR) is 69.8 cm³/mol. The van der Waals surface area contributed by atoms with Crippen molar-refractivity contribution in [2.24, 2.45) is 7.05 Å². The van der Waals surface area contributed by atoms with Crippen molar-refractivity contribution >= 4 is 11.0 Å². The number of nitrogens with one attached hydrogen (secondary N) is 1. The summed E-state index contributed by atoms with van der Waals surface area (Å²) in [6.07, 6.45) is 1.92. The Morgan fingerprint density at radius 2 is 2.06 bits per heavy atom. The normalized spacial score (nSPS) is 12.3. The molecule has 0 radical (unpaired) electrons. The molecule has 0 amide bonds. The van der Waals surface area contributed by atoms with Gasteiger partial charge >= 0.3 is 0 Å². The van der Waals surface area contributed by atoms with Crippen LogP contribution in [0.4, 0.5) is 0 Å². The van der Waals surface area contributed by atoms with E-state index in [4.69, 9.17) is 0 Å². The minimum absolute atomic E-state index is 0.124. The zero-order valence-electron chi connectivity index (χ0n) is 11.2. The third-order valence-electron chi connectivity index (χ3n) is 2.74. The van der Waals surface area contributed by atoms with Crippen LogP contribution in [0.25, 0.3) is 11.0 Å². The number of rotatable bonds is 2. The summed E-state index contributed by atoms with van der Waals surface area (Å²) in [5.41, 5.74) is 3.30. The van der Waals surface area contributed by atoms with E-state index in [1.54, 1.807) is 0 Å². The van der Waals surface area contributed by atoms with Crippen molar-refractivity contribution in [1.82, 2.24) is 20.1 Å². The molecule has 2 aromatic rings. The van der Waals surface area contributed by atoms with Crippen LogP contribution in [-0.4, -0.2) is 20.3 Å². The number of aryl methyl sites for hydroxylation is 2. The molecule has 92 valence electrons. The Labute approximate surface area is 102 Å². The van der Waals surface area contributed by atoms with E-state index in [1.807, 2.05) is 24.9 Å². The molecule has 0 saturated carbocycles. The maximum absolute atomic E-state index is 4.46. The van der Waals surface area contributed by atoms with Crippen molar-refractivity contribution in [1.29, 1.82) is 0 Å². The number of nitrogens with zero attached hydrogens (tertiary/aromatic N) is 3. The summed E-state index contributed by atoms with van der Waals surface area (Å²) >= 11 is 0. The van der Waals surface area contributed by atoms with E-state index in [0.717, 1.165) is 23.3 Å². The van der Waals surface area contributed by atoms with E-state index in [1.165, 1.54) is 5.56 Å². The van der Waals surface area contributed by atoms with E-state index in [0.29, 0.717) is 0 Å². The third-order valence-corrected chi connectivity index (χ3v) is 2.74. The quantitative estimate of drug-likeness (QED) is 0.863. The zero-order chi connectivity index (χ0) is 12.6. The number of hydrogen-bond donors (Lipinski definition) is 1. The van der Waals surface area contributed by atoms with E-state index >= 15 is 0 Å². The summed E-state index contributed by atoms with van der Waals surface area (Å²) in [5.74, 6) is 0. The van der Waals surface area contributed by atoms with Crippen LogP contribution in [-0.2, 0) is 13.6 Å². The van der Waals surface area contributed by atoms with Gasteiger partial charge in [0.25, 0.3) is 0 Å². The molecule has 0 atom stereocenters. The molecule has 0 aromatic carbocycles. The van der Waals surface area contributed by atoms with Gasteiger partial charge in [-0.1, -0.05) is 0 Å². The van der Waals surface area contributed by atoms with Gasteiger partial charge in [0, 0.05) is 30.7 Å². The SMILES string of the molecule is Cc1nn(C)c2ncc(CNC(C)(C)C)cc12. The highest BCUT2D eigenvalue weighted by molar-refractivity contribution is 5.78. The smallest absolute Gasteiger partial charge is 0.157 e. The number of hydrogen-bond acceptors (Lipinski definition) is 3. The van der Waals surface area contributed by atoms with E-state index in [2.05, 4.69) is 42.2 Å². The molecular formula is C13H20N4.